The van der Waals surface area contributed by atoms with Gasteiger partial charge in [-0.2, -0.15) is 0 Å². The monoisotopic (exact) mass is 378 g/mol. The Morgan fingerprint density at radius 3 is 2.75 bits per heavy atom. The van der Waals surface area contributed by atoms with Gasteiger partial charge in [-0.05, 0) is 60.9 Å². The summed E-state index contributed by atoms with van der Waals surface area (Å²) >= 11 is 0. The molecule has 2 aromatic carbocycles. The van der Waals surface area contributed by atoms with Gasteiger partial charge in [0.1, 0.15) is 11.6 Å². The fourth-order valence-corrected chi connectivity index (χ4v) is 3.41. The number of hydrogen-bond donors (Lipinski definition) is 1. The molecule has 142 valence electrons. The van der Waals surface area contributed by atoms with E-state index < -0.39 is 5.82 Å². The van der Waals surface area contributed by atoms with E-state index in [2.05, 4.69) is 5.32 Å². The topological polar surface area (TPSA) is 62.6 Å². The summed E-state index contributed by atoms with van der Waals surface area (Å²) in [6.45, 7) is 0.824. The van der Waals surface area contributed by atoms with Crippen LogP contribution in [0.4, 0.5) is 10.1 Å². The number of carbonyl (C=O) groups excluding carboxylic acids is 2. The summed E-state index contributed by atoms with van der Waals surface area (Å²) in [5.74, 6) is -0.438. The van der Waals surface area contributed by atoms with Gasteiger partial charge in [-0.1, -0.05) is 12.1 Å². The van der Waals surface area contributed by atoms with Gasteiger partial charge in [0.2, 0.25) is 0 Å². The van der Waals surface area contributed by atoms with Crippen LogP contribution in [0.3, 0.4) is 0 Å². The molecule has 3 aromatic rings. The number of nitrogens with one attached hydrogen (secondary N) is 1. The van der Waals surface area contributed by atoms with Crippen molar-refractivity contribution in [3.05, 3.63) is 89.1 Å². The number of hydrogen-bond acceptors (Lipinski definition) is 3. The normalized spacial score (nSPS) is 13.1. The number of rotatable bonds is 4. The molecule has 6 heteroatoms. The Kier molecular flexibility index (Phi) is 4.93. The van der Waals surface area contributed by atoms with Gasteiger partial charge in [0.05, 0.1) is 18.4 Å². The van der Waals surface area contributed by atoms with Crippen molar-refractivity contribution in [3.63, 3.8) is 0 Å². The van der Waals surface area contributed by atoms with E-state index in [-0.39, 0.29) is 17.4 Å². The number of nitrogens with zero attached hydrogens (tertiary/aromatic N) is 1. The van der Waals surface area contributed by atoms with E-state index in [1.165, 1.54) is 12.1 Å². The van der Waals surface area contributed by atoms with Crippen molar-refractivity contribution in [3.8, 4) is 0 Å². The molecule has 0 fully saturated rings. The van der Waals surface area contributed by atoms with Crippen molar-refractivity contribution in [2.24, 2.45) is 0 Å². The van der Waals surface area contributed by atoms with E-state index in [1.807, 2.05) is 0 Å². The molecule has 0 aliphatic carbocycles. The second-order valence-electron chi connectivity index (χ2n) is 6.65. The van der Waals surface area contributed by atoms with Crippen molar-refractivity contribution in [2.45, 2.75) is 19.4 Å². The number of halogens is 1. The van der Waals surface area contributed by atoms with Crippen LogP contribution in [0.5, 0.6) is 0 Å². The van der Waals surface area contributed by atoms with Crippen LogP contribution in [0, 0.1) is 5.82 Å². The van der Waals surface area contributed by atoms with Crippen LogP contribution in [-0.4, -0.2) is 18.4 Å². The number of carbonyl (C=O) groups is 2. The van der Waals surface area contributed by atoms with Crippen LogP contribution in [-0.2, 0) is 13.0 Å². The molecule has 0 atom stereocenters. The zero-order chi connectivity index (χ0) is 19.5. The van der Waals surface area contributed by atoms with Gasteiger partial charge >= 0.3 is 0 Å². The predicted octanol–water partition coefficient (Wildman–Crippen LogP) is 3.94. The first kappa shape index (κ1) is 18.0. The molecule has 1 N–H and O–H groups in total. The summed E-state index contributed by atoms with van der Waals surface area (Å²) in [4.78, 5) is 26.8. The van der Waals surface area contributed by atoms with Crippen molar-refractivity contribution < 1.29 is 18.4 Å². The molecule has 1 aliphatic heterocycles. The average Bonchev–Trinajstić information content (AvgIpc) is 3.24. The Morgan fingerprint density at radius 2 is 1.96 bits per heavy atom. The first-order valence-corrected chi connectivity index (χ1v) is 9.13. The molecule has 2 heterocycles. The maximum absolute atomic E-state index is 14.0. The standard InChI is InChI=1S/C22H19FN2O3/c23-19-8-2-1-7-18(19)22(27)25-11-3-5-15-13-16(9-10-20(15)25)21(26)24-14-17-6-4-12-28-17/h1-2,4,6-10,12-13H,3,5,11,14H2,(H,24,26). The fourth-order valence-electron chi connectivity index (χ4n) is 3.41. The molecule has 28 heavy (non-hydrogen) atoms. The van der Waals surface area contributed by atoms with Gasteiger partial charge in [-0.15, -0.1) is 0 Å². The maximum Gasteiger partial charge on any atom is 0.261 e. The third-order valence-corrected chi connectivity index (χ3v) is 4.81. The number of amides is 2. The quantitative estimate of drug-likeness (QED) is 0.748. The highest BCUT2D eigenvalue weighted by Gasteiger charge is 2.26. The second kappa shape index (κ2) is 7.68. The summed E-state index contributed by atoms with van der Waals surface area (Å²) in [6, 6.07) is 14.8. The molecular weight excluding hydrogens is 359 g/mol. The summed E-state index contributed by atoms with van der Waals surface area (Å²) in [6.07, 6.45) is 3.07. The number of fused-ring (bicyclic) bond motifs is 1. The summed E-state index contributed by atoms with van der Waals surface area (Å²) in [5.41, 5.74) is 2.20. The molecule has 5 nitrogen and oxygen atoms in total. The average molecular weight is 378 g/mol. The van der Waals surface area contributed by atoms with Crippen LogP contribution in [0.1, 0.15) is 38.5 Å². The molecule has 0 spiro atoms. The number of benzene rings is 2. The van der Waals surface area contributed by atoms with Crippen LogP contribution in [0.25, 0.3) is 0 Å². The highest BCUT2D eigenvalue weighted by Crippen LogP contribution is 2.30. The Bertz CT molecular complexity index is 1010. The van der Waals surface area contributed by atoms with E-state index in [0.29, 0.717) is 24.4 Å². The highest BCUT2D eigenvalue weighted by molar-refractivity contribution is 6.07. The Labute approximate surface area is 161 Å². The molecule has 4 rings (SSSR count). The second-order valence-corrected chi connectivity index (χ2v) is 6.65. The van der Waals surface area contributed by atoms with Crippen molar-refractivity contribution in [2.75, 3.05) is 11.4 Å². The first-order valence-electron chi connectivity index (χ1n) is 9.13. The summed E-state index contributed by atoms with van der Waals surface area (Å²) < 4.78 is 19.2. The van der Waals surface area contributed by atoms with Crippen LogP contribution in [0.15, 0.2) is 65.3 Å². The number of anilines is 1. The third kappa shape index (κ3) is 3.53. The summed E-state index contributed by atoms with van der Waals surface area (Å²) in [7, 11) is 0. The lowest BCUT2D eigenvalue weighted by atomic mass is 9.98. The van der Waals surface area contributed by atoms with E-state index in [1.54, 1.807) is 53.6 Å². The molecular formula is C22H19FN2O3. The first-order chi connectivity index (χ1) is 13.6. The van der Waals surface area contributed by atoms with Crippen LogP contribution >= 0.6 is 0 Å². The van der Waals surface area contributed by atoms with Gasteiger partial charge in [-0.3, -0.25) is 9.59 Å². The van der Waals surface area contributed by atoms with Gasteiger partial charge in [-0.25, -0.2) is 4.39 Å². The van der Waals surface area contributed by atoms with E-state index in [0.717, 1.165) is 24.1 Å². The molecule has 0 unspecified atom stereocenters. The molecule has 1 aliphatic rings. The minimum atomic E-state index is -0.534. The van der Waals surface area contributed by atoms with E-state index >= 15 is 0 Å². The van der Waals surface area contributed by atoms with Gasteiger partial charge in [0.25, 0.3) is 11.8 Å². The molecule has 0 radical (unpaired) electrons. The van der Waals surface area contributed by atoms with Gasteiger partial charge in [0.15, 0.2) is 0 Å². The Morgan fingerprint density at radius 1 is 1.11 bits per heavy atom. The van der Waals surface area contributed by atoms with Crippen LogP contribution < -0.4 is 10.2 Å². The van der Waals surface area contributed by atoms with Crippen molar-refractivity contribution in [1.82, 2.24) is 5.32 Å². The number of aryl methyl sites for hydroxylation is 1. The van der Waals surface area contributed by atoms with E-state index in [9.17, 15) is 14.0 Å². The maximum atomic E-state index is 14.0. The van der Waals surface area contributed by atoms with Gasteiger partial charge < -0.3 is 14.6 Å². The SMILES string of the molecule is O=C(NCc1ccco1)c1ccc2c(c1)CCCN2C(=O)c1ccccc1F. The lowest BCUT2D eigenvalue weighted by Crippen LogP contribution is -2.36. The van der Waals surface area contributed by atoms with Crippen molar-refractivity contribution >= 4 is 17.5 Å². The molecule has 2 amide bonds. The smallest absolute Gasteiger partial charge is 0.261 e. The Balaban J connectivity index is 1.55. The molecule has 0 saturated heterocycles. The van der Waals surface area contributed by atoms with Crippen molar-refractivity contribution in [1.29, 1.82) is 0 Å². The minimum Gasteiger partial charge on any atom is -0.467 e. The van der Waals surface area contributed by atoms with Gasteiger partial charge in [0, 0.05) is 17.8 Å². The molecule has 0 bridgehead atoms. The minimum absolute atomic E-state index is 0.0515. The van der Waals surface area contributed by atoms with Crippen LogP contribution in [0.2, 0.25) is 0 Å². The molecule has 0 saturated carbocycles. The third-order valence-electron chi connectivity index (χ3n) is 4.81. The zero-order valence-corrected chi connectivity index (χ0v) is 15.2. The zero-order valence-electron chi connectivity index (χ0n) is 15.2. The number of furan rings is 1. The summed E-state index contributed by atoms with van der Waals surface area (Å²) in [5, 5.41) is 2.81. The van der Waals surface area contributed by atoms with E-state index in [4.69, 9.17) is 4.42 Å². The predicted molar refractivity (Wildman–Crippen MR) is 103 cm³/mol. The lowest BCUT2D eigenvalue weighted by molar-refractivity contribution is 0.0947. The lowest BCUT2D eigenvalue weighted by Gasteiger charge is -2.30. The highest BCUT2D eigenvalue weighted by atomic mass is 19.1. The molecule has 1 aromatic heterocycles. The largest absolute Gasteiger partial charge is 0.467 e. The Hall–Kier alpha value is -3.41. The fraction of sp³-hybridized carbons (Fsp3) is 0.182.